The molecule has 0 aliphatic heterocycles. The van der Waals surface area contributed by atoms with E-state index in [0.717, 1.165) is 19.6 Å². The van der Waals surface area contributed by atoms with Crippen LogP contribution in [0.15, 0.2) is 60.7 Å². The van der Waals surface area contributed by atoms with Crippen LogP contribution in [0.25, 0.3) is 0 Å². The molecule has 0 spiro atoms. The quantitative estimate of drug-likeness (QED) is 0.319. The number of hydrogen-bond acceptors (Lipinski definition) is 5. The van der Waals surface area contributed by atoms with Crippen LogP contribution in [0.3, 0.4) is 0 Å². The normalized spacial score (nSPS) is 13.4. The maximum absolute atomic E-state index is 6.83. The number of nitrogens with zero attached hydrogens (tertiary/aromatic N) is 1. The molecule has 2 aromatic carbocycles. The number of benzene rings is 2. The van der Waals surface area contributed by atoms with Crippen molar-refractivity contribution >= 4 is 18.7 Å². The van der Waals surface area contributed by atoms with Crippen molar-refractivity contribution in [2.24, 2.45) is 11.7 Å². The minimum Gasteiger partial charge on any atom is -0.405 e. The summed E-state index contributed by atoms with van der Waals surface area (Å²) < 4.78 is 18.4. The maximum Gasteiger partial charge on any atom is 0.261 e. The molecular weight excluding hydrogens is 428 g/mol. The first-order chi connectivity index (χ1) is 15.8. The molecule has 0 saturated heterocycles. The largest absolute Gasteiger partial charge is 0.405 e. The minimum absolute atomic E-state index is 0.0229. The van der Waals surface area contributed by atoms with Crippen LogP contribution in [0, 0.1) is 5.92 Å². The molecule has 0 aliphatic carbocycles. The van der Waals surface area contributed by atoms with Gasteiger partial charge in [-0.15, -0.1) is 0 Å². The van der Waals surface area contributed by atoms with Crippen LogP contribution in [-0.4, -0.2) is 73.4 Å². The predicted octanol–water partition coefficient (Wildman–Crippen LogP) is 3.12. The molecule has 0 amide bonds. The van der Waals surface area contributed by atoms with Crippen molar-refractivity contribution in [2.75, 3.05) is 60.2 Å². The third kappa shape index (κ3) is 8.32. The Kier molecular flexibility index (Phi) is 11.7. The Bertz CT molecular complexity index is 726. The van der Waals surface area contributed by atoms with Crippen molar-refractivity contribution in [1.82, 2.24) is 4.90 Å². The summed E-state index contributed by atoms with van der Waals surface area (Å²) in [6.07, 6.45) is 0.978. The SMILES string of the molecule is CN(C)CC(CN)CCOCCOCCO[Si](c1ccccc1)(c1ccccc1)C(C)(C)C. The molecule has 1 unspecified atom stereocenters. The van der Waals surface area contributed by atoms with Gasteiger partial charge in [0.05, 0.1) is 26.4 Å². The van der Waals surface area contributed by atoms with Gasteiger partial charge in [-0.1, -0.05) is 81.4 Å². The lowest BCUT2D eigenvalue weighted by molar-refractivity contribution is 0.0308. The van der Waals surface area contributed by atoms with Crippen LogP contribution in [-0.2, 0) is 13.9 Å². The third-order valence-corrected chi connectivity index (χ3v) is 11.0. The van der Waals surface area contributed by atoms with E-state index in [1.807, 2.05) is 0 Å². The molecule has 0 heterocycles. The Morgan fingerprint density at radius 1 is 0.788 bits per heavy atom. The fourth-order valence-corrected chi connectivity index (χ4v) is 8.93. The standard InChI is InChI=1S/C27H44N2O3Si/c1-27(2,3)33(25-12-8-6-9-13-25,26-14-10-7-11-15-26)32-21-20-31-19-18-30-17-16-24(22-28)23-29(4)5/h6-15,24H,16-23,28H2,1-5H3. The highest BCUT2D eigenvalue weighted by atomic mass is 28.4. The molecule has 2 rings (SSSR count). The summed E-state index contributed by atoms with van der Waals surface area (Å²) in [6.45, 7) is 11.6. The van der Waals surface area contributed by atoms with Gasteiger partial charge in [0.15, 0.2) is 0 Å². The Balaban J connectivity index is 1.87. The van der Waals surface area contributed by atoms with Gasteiger partial charge in [0, 0.05) is 13.2 Å². The molecular formula is C27H44N2O3Si. The second kappa shape index (κ2) is 14.0. The second-order valence-corrected chi connectivity index (χ2v) is 14.2. The van der Waals surface area contributed by atoms with Gasteiger partial charge in [-0.3, -0.25) is 0 Å². The Morgan fingerprint density at radius 2 is 1.27 bits per heavy atom. The number of rotatable bonds is 15. The van der Waals surface area contributed by atoms with Gasteiger partial charge < -0.3 is 24.5 Å². The summed E-state index contributed by atoms with van der Waals surface area (Å²) >= 11 is 0. The first-order valence-corrected chi connectivity index (χ1v) is 14.0. The highest BCUT2D eigenvalue weighted by Gasteiger charge is 2.49. The summed E-state index contributed by atoms with van der Waals surface area (Å²) in [5.74, 6) is 0.473. The molecule has 2 N–H and O–H groups in total. The fraction of sp³-hybridized carbons (Fsp3) is 0.556. The van der Waals surface area contributed by atoms with Crippen LogP contribution < -0.4 is 16.1 Å². The van der Waals surface area contributed by atoms with E-state index in [9.17, 15) is 0 Å². The van der Waals surface area contributed by atoms with Crippen molar-refractivity contribution in [2.45, 2.75) is 32.2 Å². The van der Waals surface area contributed by atoms with E-state index in [-0.39, 0.29) is 5.04 Å². The van der Waals surface area contributed by atoms with Crippen molar-refractivity contribution in [3.63, 3.8) is 0 Å². The smallest absolute Gasteiger partial charge is 0.261 e. The Labute approximate surface area is 202 Å². The number of ether oxygens (including phenoxy) is 2. The van der Waals surface area contributed by atoms with Crippen molar-refractivity contribution in [3.05, 3.63) is 60.7 Å². The lowest BCUT2D eigenvalue weighted by atomic mass is 10.1. The molecule has 0 aliphatic rings. The molecule has 1 atom stereocenters. The molecule has 2 aromatic rings. The summed E-state index contributed by atoms with van der Waals surface area (Å²) in [6, 6.07) is 21.4. The topological polar surface area (TPSA) is 57.0 Å². The molecule has 6 heteroatoms. The third-order valence-electron chi connectivity index (χ3n) is 5.96. The average molecular weight is 473 g/mol. The molecule has 5 nitrogen and oxygen atoms in total. The second-order valence-electron chi connectivity index (χ2n) is 9.89. The number of hydrogen-bond donors (Lipinski definition) is 1. The fourth-order valence-electron chi connectivity index (χ4n) is 4.39. The van der Waals surface area contributed by atoms with E-state index in [2.05, 4.69) is 100 Å². The van der Waals surface area contributed by atoms with Crippen LogP contribution in [0.4, 0.5) is 0 Å². The first kappa shape index (κ1) is 27.7. The van der Waals surface area contributed by atoms with E-state index in [1.165, 1.54) is 10.4 Å². The molecule has 33 heavy (non-hydrogen) atoms. The molecule has 0 fully saturated rings. The average Bonchev–Trinajstić information content (AvgIpc) is 2.79. The summed E-state index contributed by atoms with van der Waals surface area (Å²) in [5.41, 5.74) is 5.85. The lowest BCUT2D eigenvalue weighted by Crippen LogP contribution is -2.66. The first-order valence-electron chi connectivity index (χ1n) is 12.1. The van der Waals surface area contributed by atoms with Crippen LogP contribution in [0.2, 0.25) is 5.04 Å². The van der Waals surface area contributed by atoms with E-state index in [4.69, 9.17) is 19.6 Å². The van der Waals surface area contributed by atoms with Crippen molar-refractivity contribution < 1.29 is 13.9 Å². The van der Waals surface area contributed by atoms with Gasteiger partial charge in [0.1, 0.15) is 0 Å². The minimum atomic E-state index is -2.49. The van der Waals surface area contributed by atoms with E-state index < -0.39 is 8.32 Å². The van der Waals surface area contributed by atoms with E-state index in [1.54, 1.807) is 0 Å². The Morgan fingerprint density at radius 3 is 1.73 bits per heavy atom. The molecule has 0 radical (unpaired) electrons. The summed E-state index contributed by atoms with van der Waals surface area (Å²) in [5, 5.41) is 2.56. The monoisotopic (exact) mass is 472 g/mol. The maximum atomic E-state index is 6.83. The molecule has 0 saturated carbocycles. The van der Waals surface area contributed by atoms with Gasteiger partial charge in [0.2, 0.25) is 0 Å². The van der Waals surface area contributed by atoms with Crippen molar-refractivity contribution in [1.29, 1.82) is 0 Å². The molecule has 184 valence electrons. The van der Waals surface area contributed by atoms with Crippen LogP contribution >= 0.6 is 0 Å². The highest BCUT2D eigenvalue weighted by Crippen LogP contribution is 2.36. The molecule has 0 aromatic heterocycles. The van der Waals surface area contributed by atoms with Crippen LogP contribution in [0.5, 0.6) is 0 Å². The predicted molar refractivity (Wildman–Crippen MR) is 141 cm³/mol. The molecule has 0 bridgehead atoms. The van der Waals surface area contributed by atoms with E-state index in [0.29, 0.717) is 38.9 Å². The van der Waals surface area contributed by atoms with Crippen LogP contribution in [0.1, 0.15) is 27.2 Å². The van der Waals surface area contributed by atoms with Gasteiger partial charge in [0.25, 0.3) is 8.32 Å². The van der Waals surface area contributed by atoms with Crippen molar-refractivity contribution in [3.8, 4) is 0 Å². The lowest BCUT2D eigenvalue weighted by Gasteiger charge is -2.43. The van der Waals surface area contributed by atoms with E-state index >= 15 is 0 Å². The Hall–Kier alpha value is -1.54. The van der Waals surface area contributed by atoms with Gasteiger partial charge in [-0.25, -0.2) is 0 Å². The zero-order valence-corrected chi connectivity index (χ0v) is 22.3. The zero-order valence-electron chi connectivity index (χ0n) is 21.3. The zero-order chi connectivity index (χ0) is 24.2. The summed E-state index contributed by atoms with van der Waals surface area (Å²) in [7, 11) is 1.66. The van der Waals surface area contributed by atoms with Gasteiger partial charge in [-0.05, 0) is 48.4 Å². The van der Waals surface area contributed by atoms with Gasteiger partial charge in [-0.2, -0.15) is 0 Å². The highest BCUT2D eigenvalue weighted by molar-refractivity contribution is 6.99. The van der Waals surface area contributed by atoms with Gasteiger partial charge >= 0.3 is 0 Å². The summed E-state index contributed by atoms with van der Waals surface area (Å²) in [4.78, 5) is 2.17. The number of nitrogens with two attached hydrogens (primary N) is 1.